The molecule has 1 heterocycles. The van der Waals surface area contributed by atoms with Crippen LogP contribution in [0.4, 0.5) is 4.79 Å². The van der Waals surface area contributed by atoms with Crippen molar-refractivity contribution in [1.82, 2.24) is 10.6 Å². The van der Waals surface area contributed by atoms with Crippen molar-refractivity contribution < 1.29 is 14.4 Å². The highest BCUT2D eigenvalue weighted by molar-refractivity contribution is 6.13. The van der Waals surface area contributed by atoms with Gasteiger partial charge in [-0.25, -0.2) is 4.79 Å². The molecule has 0 radical (unpaired) electrons. The zero-order valence-electron chi connectivity index (χ0n) is 7.22. The maximum atomic E-state index is 11.4. The van der Waals surface area contributed by atoms with Gasteiger partial charge in [-0.05, 0) is 19.8 Å². The Morgan fingerprint density at radius 1 is 1.54 bits per heavy atom. The van der Waals surface area contributed by atoms with Gasteiger partial charge >= 0.3 is 6.03 Å². The lowest BCUT2D eigenvalue weighted by Crippen LogP contribution is -2.71. The zero-order chi connectivity index (χ0) is 9.64. The molecule has 1 saturated heterocycles. The number of imide groups is 1. The molecule has 2 fully saturated rings. The number of urea groups is 1. The SMILES string of the molecule is CC(=O)[C@@]12CC[C@@H]1NC(=O)NC2=O. The summed E-state index contributed by atoms with van der Waals surface area (Å²) in [5.74, 6) is -0.610. The average molecular weight is 182 g/mol. The van der Waals surface area contributed by atoms with Crippen molar-refractivity contribution in [2.24, 2.45) is 5.41 Å². The summed E-state index contributed by atoms with van der Waals surface area (Å²) in [4.78, 5) is 33.6. The fourth-order valence-electron chi connectivity index (χ4n) is 2.03. The lowest BCUT2D eigenvalue weighted by molar-refractivity contribution is -0.150. The first-order chi connectivity index (χ1) is 6.07. The Kier molecular flexibility index (Phi) is 1.46. The lowest BCUT2D eigenvalue weighted by Gasteiger charge is -2.48. The number of carbonyl (C=O) groups excluding carboxylic acids is 3. The van der Waals surface area contributed by atoms with Crippen molar-refractivity contribution in [2.75, 3.05) is 0 Å². The number of Topliss-reactive ketones (excluding diaryl/α,β-unsaturated/α-hetero) is 1. The molecule has 2 rings (SSSR count). The van der Waals surface area contributed by atoms with E-state index >= 15 is 0 Å². The van der Waals surface area contributed by atoms with E-state index in [2.05, 4.69) is 10.6 Å². The van der Waals surface area contributed by atoms with E-state index in [1.165, 1.54) is 6.92 Å². The largest absolute Gasteiger partial charge is 0.334 e. The summed E-state index contributed by atoms with van der Waals surface area (Å²) in [6.07, 6.45) is 1.25. The Hall–Kier alpha value is -1.39. The van der Waals surface area contributed by atoms with E-state index in [0.29, 0.717) is 12.8 Å². The quantitative estimate of drug-likeness (QED) is 0.540. The van der Waals surface area contributed by atoms with Crippen LogP contribution in [-0.2, 0) is 9.59 Å². The minimum absolute atomic E-state index is 0.166. The minimum Gasteiger partial charge on any atom is -0.334 e. The molecule has 1 aliphatic carbocycles. The van der Waals surface area contributed by atoms with E-state index in [1.807, 2.05) is 0 Å². The van der Waals surface area contributed by atoms with E-state index in [9.17, 15) is 14.4 Å². The first-order valence-corrected chi connectivity index (χ1v) is 4.20. The molecule has 5 heteroatoms. The predicted molar refractivity (Wildman–Crippen MR) is 42.8 cm³/mol. The Balaban J connectivity index is 2.33. The van der Waals surface area contributed by atoms with Crippen molar-refractivity contribution in [1.29, 1.82) is 0 Å². The summed E-state index contributed by atoms with van der Waals surface area (Å²) >= 11 is 0. The van der Waals surface area contributed by atoms with Gasteiger partial charge in [0.25, 0.3) is 0 Å². The third kappa shape index (κ3) is 0.839. The van der Waals surface area contributed by atoms with Crippen molar-refractivity contribution in [2.45, 2.75) is 25.8 Å². The van der Waals surface area contributed by atoms with Gasteiger partial charge in [0.2, 0.25) is 5.91 Å². The van der Waals surface area contributed by atoms with Gasteiger partial charge in [-0.1, -0.05) is 0 Å². The Morgan fingerprint density at radius 3 is 2.62 bits per heavy atom. The highest BCUT2D eigenvalue weighted by atomic mass is 16.2. The van der Waals surface area contributed by atoms with Crippen LogP contribution in [0.15, 0.2) is 0 Å². The molecule has 0 aromatic heterocycles. The van der Waals surface area contributed by atoms with Crippen molar-refractivity contribution in [3.8, 4) is 0 Å². The average Bonchev–Trinajstić information content (AvgIpc) is 1.95. The molecule has 1 aliphatic heterocycles. The number of amides is 3. The number of rotatable bonds is 1. The molecule has 0 aromatic rings. The fraction of sp³-hybridized carbons (Fsp3) is 0.625. The van der Waals surface area contributed by atoms with Crippen molar-refractivity contribution in [3.63, 3.8) is 0 Å². The van der Waals surface area contributed by atoms with Crippen LogP contribution in [0, 0.1) is 5.41 Å². The van der Waals surface area contributed by atoms with Crippen molar-refractivity contribution in [3.05, 3.63) is 0 Å². The number of hydrogen-bond acceptors (Lipinski definition) is 3. The number of hydrogen-bond donors (Lipinski definition) is 2. The molecular weight excluding hydrogens is 172 g/mol. The molecule has 2 atom stereocenters. The molecule has 70 valence electrons. The maximum Gasteiger partial charge on any atom is 0.321 e. The molecule has 2 aliphatic rings. The Bertz CT molecular complexity index is 313. The number of carbonyl (C=O) groups is 3. The van der Waals surface area contributed by atoms with E-state index in [-0.39, 0.29) is 11.8 Å². The molecule has 13 heavy (non-hydrogen) atoms. The van der Waals surface area contributed by atoms with Crippen LogP contribution in [0.1, 0.15) is 19.8 Å². The molecular formula is C8H10N2O3. The van der Waals surface area contributed by atoms with Crippen LogP contribution in [0.25, 0.3) is 0 Å². The third-order valence-corrected chi connectivity index (χ3v) is 2.99. The Labute approximate surface area is 74.9 Å². The summed E-state index contributed by atoms with van der Waals surface area (Å²) in [5, 5.41) is 4.70. The van der Waals surface area contributed by atoms with Gasteiger partial charge in [0, 0.05) is 0 Å². The number of ketones is 1. The van der Waals surface area contributed by atoms with Crippen LogP contribution in [-0.4, -0.2) is 23.8 Å². The van der Waals surface area contributed by atoms with Gasteiger partial charge in [-0.3, -0.25) is 14.9 Å². The summed E-state index contributed by atoms with van der Waals surface area (Å²) in [6.45, 7) is 1.39. The van der Waals surface area contributed by atoms with Gasteiger partial charge < -0.3 is 5.32 Å². The second kappa shape index (κ2) is 2.31. The second-order valence-corrected chi connectivity index (χ2v) is 3.55. The standard InChI is InChI=1S/C8H10N2O3/c1-4(11)8-3-2-5(8)9-7(13)10-6(8)12/h5H,2-3H2,1H3,(H2,9,10,12,13)/t5-,8-/m0/s1. The zero-order valence-corrected chi connectivity index (χ0v) is 7.22. The molecule has 0 spiro atoms. The minimum atomic E-state index is -0.964. The first-order valence-electron chi connectivity index (χ1n) is 4.20. The van der Waals surface area contributed by atoms with Gasteiger partial charge in [-0.2, -0.15) is 0 Å². The Morgan fingerprint density at radius 2 is 2.23 bits per heavy atom. The molecule has 0 bridgehead atoms. The highest BCUT2D eigenvalue weighted by Crippen LogP contribution is 2.43. The van der Waals surface area contributed by atoms with Crippen LogP contribution < -0.4 is 10.6 Å². The molecule has 0 unspecified atom stereocenters. The second-order valence-electron chi connectivity index (χ2n) is 3.55. The van der Waals surface area contributed by atoms with Gasteiger partial charge in [0.15, 0.2) is 0 Å². The molecule has 0 aromatic carbocycles. The molecule has 2 N–H and O–H groups in total. The summed E-state index contributed by atoms with van der Waals surface area (Å²) in [6, 6.07) is -0.780. The van der Waals surface area contributed by atoms with E-state index < -0.39 is 17.4 Å². The van der Waals surface area contributed by atoms with Crippen LogP contribution in [0.5, 0.6) is 0 Å². The molecule has 3 amide bonds. The third-order valence-electron chi connectivity index (χ3n) is 2.99. The van der Waals surface area contributed by atoms with E-state index in [0.717, 1.165) is 0 Å². The van der Waals surface area contributed by atoms with Gasteiger partial charge in [0.05, 0.1) is 6.04 Å². The first kappa shape index (κ1) is 8.22. The van der Waals surface area contributed by atoms with Gasteiger partial charge in [-0.15, -0.1) is 0 Å². The van der Waals surface area contributed by atoms with E-state index in [4.69, 9.17) is 0 Å². The monoisotopic (exact) mass is 182 g/mol. The topological polar surface area (TPSA) is 75.3 Å². The predicted octanol–water partition coefficient (Wildman–Crippen LogP) is -0.436. The summed E-state index contributed by atoms with van der Waals surface area (Å²) < 4.78 is 0. The van der Waals surface area contributed by atoms with Crippen LogP contribution in [0.3, 0.4) is 0 Å². The smallest absolute Gasteiger partial charge is 0.321 e. The van der Waals surface area contributed by atoms with Crippen LogP contribution >= 0.6 is 0 Å². The fourth-order valence-corrected chi connectivity index (χ4v) is 2.03. The normalized spacial score (nSPS) is 36.8. The maximum absolute atomic E-state index is 11.4. The summed E-state index contributed by atoms with van der Waals surface area (Å²) in [5.41, 5.74) is -0.964. The summed E-state index contributed by atoms with van der Waals surface area (Å²) in [7, 11) is 0. The number of nitrogens with one attached hydrogen (secondary N) is 2. The highest BCUT2D eigenvalue weighted by Gasteiger charge is 2.59. The van der Waals surface area contributed by atoms with Gasteiger partial charge in [0.1, 0.15) is 11.2 Å². The molecule has 1 saturated carbocycles. The van der Waals surface area contributed by atoms with Crippen LogP contribution in [0.2, 0.25) is 0 Å². The molecule has 5 nitrogen and oxygen atoms in total. The lowest BCUT2D eigenvalue weighted by atomic mass is 9.60. The van der Waals surface area contributed by atoms with Crippen molar-refractivity contribution >= 4 is 17.7 Å². The number of fused-ring (bicyclic) bond motifs is 1. The van der Waals surface area contributed by atoms with E-state index in [1.54, 1.807) is 0 Å².